The van der Waals surface area contributed by atoms with Gasteiger partial charge in [-0.1, -0.05) is 13.3 Å². The minimum Gasteiger partial charge on any atom is -0.396 e. The monoisotopic (exact) mass is 268 g/mol. The molecule has 1 fully saturated rings. The number of nitrogens with two attached hydrogens (primary N) is 1. The first-order valence-electron chi connectivity index (χ1n) is 6.50. The highest BCUT2D eigenvalue weighted by molar-refractivity contribution is 5.95. The predicted octanol–water partition coefficient (Wildman–Crippen LogP) is 2.86. The van der Waals surface area contributed by atoms with Crippen LogP contribution >= 0.6 is 0 Å². The van der Waals surface area contributed by atoms with Gasteiger partial charge in [-0.15, -0.1) is 0 Å². The lowest BCUT2D eigenvalue weighted by Gasteiger charge is -2.41. The van der Waals surface area contributed by atoms with E-state index in [0.29, 0.717) is 12.6 Å². The number of hydrogen-bond acceptors (Lipinski definition) is 2. The summed E-state index contributed by atoms with van der Waals surface area (Å²) in [7, 11) is 0. The van der Waals surface area contributed by atoms with Gasteiger partial charge in [0.15, 0.2) is 0 Å². The van der Waals surface area contributed by atoms with E-state index in [1.165, 1.54) is 6.42 Å². The zero-order chi connectivity index (χ0) is 14.0. The van der Waals surface area contributed by atoms with Gasteiger partial charge >= 0.3 is 0 Å². The molecule has 1 aliphatic rings. The van der Waals surface area contributed by atoms with Gasteiger partial charge in [0, 0.05) is 12.6 Å². The van der Waals surface area contributed by atoms with E-state index < -0.39 is 17.5 Å². The minimum atomic E-state index is -0.886. The minimum absolute atomic E-state index is 0.151. The summed E-state index contributed by atoms with van der Waals surface area (Å²) >= 11 is 0. The highest BCUT2D eigenvalue weighted by Crippen LogP contribution is 2.43. The molecule has 1 amide bonds. The summed E-state index contributed by atoms with van der Waals surface area (Å²) in [5.74, 6) is -2.27. The standard InChI is InChI=1S/C14H18F2N2O/c1-2-14(4-3-5-14)8-18-13(19)9-6-12(17)11(16)7-10(9)15/h6-7H,2-5,8,17H2,1H3,(H,18,19). The Labute approximate surface area is 111 Å². The Kier molecular flexibility index (Phi) is 3.73. The Hall–Kier alpha value is -1.65. The van der Waals surface area contributed by atoms with E-state index in [2.05, 4.69) is 12.2 Å². The van der Waals surface area contributed by atoms with Gasteiger partial charge in [-0.3, -0.25) is 4.79 Å². The summed E-state index contributed by atoms with van der Waals surface area (Å²) in [6.45, 7) is 2.61. The number of anilines is 1. The van der Waals surface area contributed by atoms with Crippen LogP contribution in [-0.2, 0) is 0 Å². The van der Waals surface area contributed by atoms with Crippen molar-refractivity contribution < 1.29 is 13.6 Å². The number of carbonyl (C=O) groups is 1. The molecule has 104 valence electrons. The summed E-state index contributed by atoms with van der Waals surface area (Å²) < 4.78 is 26.5. The van der Waals surface area contributed by atoms with Crippen LogP contribution in [0.1, 0.15) is 43.0 Å². The van der Waals surface area contributed by atoms with Gasteiger partial charge in [0.2, 0.25) is 0 Å². The van der Waals surface area contributed by atoms with Crippen LogP contribution in [0.25, 0.3) is 0 Å². The quantitative estimate of drug-likeness (QED) is 0.825. The molecule has 2 rings (SSSR count). The fourth-order valence-corrected chi connectivity index (χ4v) is 2.43. The zero-order valence-corrected chi connectivity index (χ0v) is 10.9. The number of benzene rings is 1. The molecule has 1 saturated carbocycles. The van der Waals surface area contributed by atoms with E-state index in [0.717, 1.165) is 25.3 Å². The molecule has 1 aliphatic carbocycles. The van der Waals surface area contributed by atoms with Gasteiger partial charge in [-0.2, -0.15) is 0 Å². The van der Waals surface area contributed by atoms with Crippen molar-refractivity contribution in [1.29, 1.82) is 0 Å². The van der Waals surface area contributed by atoms with Crippen LogP contribution in [0.4, 0.5) is 14.5 Å². The summed E-state index contributed by atoms with van der Waals surface area (Å²) in [5.41, 5.74) is 5.08. The normalized spacial score (nSPS) is 16.8. The van der Waals surface area contributed by atoms with Gasteiger partial charge in [0.05, 0.1) is 11.3 Å². The first-order valence-corrected chi connectivity index (χ1v) is 6.50. The molecule has 1 aromatic rings. The number of rotatable bonds is 4. The van der Waals surface area contributed by atoms with E-state index in [9.17, 15) is 13.6 Å². The fraction of sp³-hybridized carbons (Fsp3) is 0.500. The van der Waals surface area contributed by atoms with Crippen LogP contribution < -0.4 is 11.1 Å². The van der Waals surface area contributed by atoms with Crippen molar-refractivity contribution in [2.45, 2.75) is 32.6 Å². The van der Waals surface area contributed by atoms with Gasteiger partial charge < -0.3 is 11.1 Å². The molecule has 0 radical (unpaired) electrons. The zero-order valence-electron chi connectivity index (χ0n) is 10.9. The van der Waals surface area contributed by atoms with Crippen LogP contribution in [0.2, 0.25) is 0 Å². The predicted molar refractivity (Wildman–Crippen MR) is 69.7 cm³/mol. The second kappa shape index (κ2) is 5.15. The Bertz CT molecular complexity index is 493. The number of carbonyl (C=O) groups excluding carboxylic acids is 1. The molecule has 0 bridgehead atoms. The Morgan fingerprint density at radius 1 is 1.37 bits per heavy atom. The molecule has 0 unspecified atom stereocenters. The SMILES string of the molecule is CCC1(CNC(=O)c2cc(N)c(F)cc2F)CCC1. The van der Waals surface area contributed by atoms with Crippen molar-refractivity contribution >= 4 is 11.6 Å². The maximum absolute atomic E-state index is 13.5. The molecule has 3 N–H and O–H groups in total. The van der Waals surface area contributed by atoms with Gasteiger partial charge in [-0.25, -0.2) is 8.78 Å². The second-order valence-electron chi connectivity index (χ2n) is 5.24. The molecule has 3 nitrogen and oxygen atoms in total. The van der Waals surface area contributed by atoms with Crippen LogP contribution in [0.5, 0.6) is 0 Å². The van der Waals surface area contributed by atoms with E-state index in [-0.39, 0.29) is 16.7 Å². The summed E-state index contributed by atoms with van der Waals surface area (Å²) in [6, 6.07) is 1.68. The topological polar surface area (TPSA) is 55.1 Å². The van der Waals surface area contributed by atoms with E-state index >= 15 is 0 Å². The lowest BCUT2D eigenvalue weighted by molar-refractivity contribution is 0.0846. The molecular formula is C14H18F2N2O. The third kappa shape index (κ3) is 2.69. The van der Waals surface area contributed by atoms with Crippen molar-refractivity contribution in [3.8, 4) is 0 Å². The highest BCUT2D eigenvalue weighted by atomic mass is 19.1. The van der Waals surface area contributed by atoms with E-state index in [1.54, 1.807) is 0 Å². The van der Waals surface area contributed by atoms with Gasteiger partial charge in [0.25, 0.3) is 5.91 Å². The van der Waals surface area contributed by atoms with Gasteiger partial charge in [-0.05, 0) is 30.7 Å². The number of nitrogens with one attached hydrogen (secondary N) is 1. The average molecular weight is 268 g/mol. The molecule has 5 heteroatoms. The third-order valence-corrected chi connectivity index (χ3v) is 4.12. The largest absolute Gasteiger partial charge is 0.396 e. The summed E-state index contributed by atoms with van der Waals surface area (Å²) in [6.07, 6.45) is 4.32. The van der Waals surface area contributed by atoms with Gasteiger partial charge in [0.1, 0.15) is 11.6 Å². The van der Waals surface area contributed by atoms with Crippen molar-refractivity contribution in [2.24, 2.45) is 5.41 Å². The van der Waals surface area contributed by atoms with Crippen molar-refractivity contribution in [3.05, 3.63) is 29.3 Å². The van der Waals surface area contributed by atoms with Crippen molar-refractivity contribution in [2.75, 3.05) is 12.3 Å². The number of nitrogen functional groups attached to an aromatic ring is 1. The summed E-state index contributed by atoms with van der Waals surface area (Å²) in [5, 5.41) is 2.72. The number of hydrogen-bond donors (Lipinski definition) is 2. The third-order valence-electron chi connectivity index (χ3n) is 4.12. The average Bonchev–Trinajstić information content (AvgIpc) is 2.32. The number of halogens is 2. The maximum atomic E-state index is 13.5. The van der Waals surface area contributed by atoms with Crippen LogP contribution in [0.15, 0.2) is 12.1 Å². The second-order valence-corrected chi connectivity index (χ2v) is 5.24. The van der Waals surface area contributed by atoms with Crippen LogP contribution in [0, 0.1) is 17.0 Å². The first-order chi connectivity index (χ1) is 8.97. The van der Waals surface area contributed by atoms with Crippen LogP contribution in [-0.4, -0.2) is 12.5 Å². The Balaban J connectivity index is 2.06. The number of amides is 1. The fourth-order valence-electron chi connectivity index (χ4n) is 2.43. The van der Waals surface area contributed by atoms with Crippen molar-refractivity contribution in [3.63, 3.8) is 0 Å². The van der Waals surface area contributed by atoms with Crippen LogP contribution in [0.3, 0.4) is 0 Å². The summed E-state index contributed by atoms with van der Waals surface area (Å²) in [4.78, 5) is 11.9. The lowest BCUT2D eigenvalue weighted by Crippen LogP contribution is -2.41. The molecule has 0 aromatic heterocycles. The smallest absolute Gasteiger partial charge is 0.254 e. The molecule has 0 aliphatic heterocycles. The Morgan fingerprint density at radius 3 is 2.58 bits per heavy atom. The molecule has 0 heterocycles. The molecular weight excluding hydrogens is 250 g/mol. The lowest BCUT2D eigenvalue weighted by atomic mass is 9.67. The van der Waals surface area contributed by atoms with E-state index in [4.69, 9.17) is 5.73 Å². The molecule has 0 atom stereocenters. The first kappa shape index (κ1) is 13.8. The molecule has 0 saturated heterocycles. The maximum Gasteiger partial charge on any atom is 0.254 e. The Morgan fingerprint density at radius 2 is 2.05 bits per heavy atom. The van der Waals surface area contributed by atoms with Crippen molar-refractivity contribution in [1.82, 2.24) is 5.32 Å². The molecule has 19 heavy (non-hydrogen) atoms. The van der Waals surface area contributed by atoms with E-state index in [1.807, 2.05) is 0 Å². The highest BCUT2D eigenvalue weighted by Gasteiger charge is 2.35. The molecule has 0 spiro atoms. The molecule has 1 aromatic carbocycles.